The highest BCUT2D eigenvalue weighted by Gasteiger charge is 2.31. The van der Waals surface area contributed by atoms with Crippen LogP contribution in [-0.4, -0.2) is 25.5 Å². The second-order valence-electron chi connectivity index (χ2n) is 4.87. The highest BCUT2D eigenvalue weighted by Crippen LogP contribution is 2.30. The first-order valence-electron chi connectivity index (χ1n) is 5.92. The van der Waals surface area contributed by atoms with Crippen molar-refractivity contribution >= 4 is 9.84 Å². The van der Waals surface area contributed by atoms with Crippen LogP contribution in [0.5, 0.6) is 0 Å². The molecule has 0 aliphatic heterocycles. The standard InChI is InChI=1S/C11H23NO2S/c1-3-10-5-4-6-11(7-10)15(13,14)8-9(2)12/h9-11H,3-8,12H2,1-2H3. The van der Waals surface area contributed by atoms with E-state index in [1.165, 1.54) is 6.42 Å². The maximum Gasteiger partial charge on any atom is 0.154 e. The Kier molecular flexibility index (Phi) is 4.59. The van der Waals surface area contributed by atoms with Gasteiger partial charge in [0.15, 0.2) is 9.84 Å². The van der Waals surface area contributed by atoms with E-state index in [-0.39, 0.29) is 17.0 Å². The molecule has 4 heteroatoms. The van der Waals surface area contributed by atoms with Crippen molar-refractivity contribution in [3.8, 4) is 0 Å². The van der Waals surface area contributed by atoms with Crippen LogP contribution >= 0.6 is 0 Å². The summed E-state index contributed by atoms with van der Waals surface area (Å²) in [5.41, 5.74) is 5.57. The third kappa shape index (κ3) is 3.76. The molecule has 1 fully saturated rings. The molecule has 1 rings (SSSR count). The highest BCUT2D eigenvalue weighted by molar-refractivity contribution is 7.92. The zero-order valence-electron chi connectivity index (χ0n) is 9.78. The van der Waals surface area contributed by atoms with Crippen molar-refractivity contribution in [1.82, 2.24) is 0 Å². The Morgan fingerprint density at radius 3 is 2.60 bits per heavy atom. The van der Waals surface area contributed by atoms with Gasteiger partial charge >= 0.3 is 0 Å². The minimum absolute atomic E-state index is 0.123. The molecule has 0 heterocycles. The fourth-order valence-electron chi connectivity index (χ4n) is 2.44. The normalized spacial score (nSPS) is 30.1. The van der Waals surface area contributed by atoms with Crippen molar-refractivity contribution in [2.75, 3.05) is 5.75 Å². The fraction of sp³-hybridized carbons (Fsp3) is 1.00. The monoisotopic (exact) mass is 233 g/mol. The van der Waals surface area contributed by atoms with Gasteiger partial charge in [0, 0.05) is 6.04 Å². The van der Waals surface area contributed by atoms with Gasteiger partial charge in [-0.15, -0.1) is 0 Å². The molecule has 15 heavy (non-hydrogen) atoms. The van der Waals surface area contributed by atoms with Crippen LogP contribution in [-0.2, 0) is 9.84 Å². The Labute approximate surface area is 93.3 Å². The summed E-state index contributed by atoms with van der Waals surface area (Å²) < 4.78 is 24.0. The molecule has 3 atom stereocenters. The molecule has 1 saturated carbocycles. The van der Waals surface area contributed by atoms with Crippen molar-refractivity contribution < 1.29 is 8.42 Å². The SMILES string of the molecule is CCC1CCCC(S(=O)(=O)CC(C)N)C1. The molecular formula is C11H23NO2S. The van der Waals surface area contributed by atoms with Gasteiger partial charge in [-0.05, 0) is 25.7 Å². The lowest BCUT2D eigenvalue weighted by Crippen LogP contribution is -2.35. The van der Waals surface area contributed by atoms with Gasteiger partial charge in [-0.3, -0.25) is 0 Å². The van der Waals surface area contributed by atoms with Crippen molar-refractivity contribution in [1.29, 1.82) is 0 Å². The van der Waals surface area contributed by atoms with E-state index in [2.05, 4.69) is 6.92 Å². The summed E-state index contributed by atoms with van der Waals surface area (Å²) in [5, 5.41) is -0.123. The Morgan fingerprint density at radius 1 is 1.40 bits per heavy atom. The molecular weight excluding hydrogens is 210 g/mol. The van der Waals surface area contributed by atoms with E-state index in [0.29, 0.717) is 5.92 Å². The summed E-state index contributed by atoms with van der Waals surface area (Å²) in [4.78, 5) is 0. The van der Waals surface area contributed by atoms with E-state index in [1.54, 1.807) is 6.92 Å². The van der Waals surface area contributed by atoms with Gasteiger partial charge in [0.2, 0.25) is 0 Å². The van der Waals surface area contributed by atoms with Gasteiger partial charge in [0.25, 0.3) is 0 Å². The highest BCUT2D eigenvalue weighted by atomic mass is 32.2. The summed E-state index contributed by atoms with van der Waals surface area (Å²) >= 11 is 0. The minimum atomic E-state index is -2.95. The summed E-state index contributed by atoms with van der Waals surface area (Å²) in [5.74, 6) is 0.750. The zero-order chi connectivity index (χ0) is 11.5. The summed E-state index contributed by atoms with van der Waals surface area (Å²) in [6.45, 7) is 3.91. The summed E-state index contributed by atoms with van der Waals surface area (Å²) in [6, 6.07) is -0.239. The third-order valence-electron chi connectivity index (χ3n) is 3.32. The van der Waals surface area contributed by atoms with Crippen LogP contribution in [0.4, 0.5) is 0 Å². The Balaban J connectivity index is 2.62. The second kappa shape index (κ2) is 5.30. The van der Waals surface area contributed by atoms with Gasteiger partial charge in [0.1, 0.15) is 0 Å². The van der Waals surface area contributed by atoms with Gasteiger partial charge in [-0.2, -0.15) is 0 Å². The van der Waals surface area contributed by atoms with Crippen LogP contribution < -0.4 is 5.73 Å². The molecule has 0 bridgehead atoms. The fourth-order valence-corrected chi connectivity index (χ4v) is 4.54. The van der Waals surface area contributed by atoms with Crippen LogP contribution in [0.1, 0.15) is 46.0 Å². The van der Waals surface area contributed by atoms with E-state index in [0.717, 1.165) is 25.7 Å². The van der Waals surface area contributed by atoms with Crippen molar-refractivity contribution in [2.45, 2.75) is 57.2 Å². The predicted octanol–water partition coefficient (Wildman–Crippen LogP) is 1.72. The molecule has 3 unspecified atom stereocenters. The number of rotatable bonds is 4. The maximum atomic E-state index is 12.0. The predicted molar refractivity (Wildman–Crippen MR) is 63.5 cm³/mol. The molecule has 0 spiro atoms. The van der Waals surface area contributed by atoms with Gasteiger partial charge < -0.3 is 5.73 Å². The largest absolute Gasteiger partial charge is 0.327 e. The van der Waals surface area contributed by atoms with Crippen molar-refractivity contribution in [3.05, 3.63) is 0 Å². The Hall–Kier alpha value is -0.0900. The van der Waals surface area contributed by atoms with E-state index in [9.17, 15) is 8.42 Å². The number of nitrogens with two attached hydrogens (primary N) is 1. The molecule has 0 saturated heterocycles. The molecule has 0 aromatic heterocycles. The molecule has 0 aromatic rings. The minimum Gasteiger partial charge on any atom is -0.327 e. The van der Waals surface area contributed by atoms with Crippen LogP contribution in [0.3, 0.4) is 0 Å². The van der Waals surface area contributed by atoms with Crippen LogP contribution in [0.2, 0.25) is 0 Å². The molecule has 1 aliphatic rings. The second-order valence-corrected chi connectivity index (χ2v) is 7.20. The molecule has 3 nitrogen and oxygen atoms in total. The molecule has 0 aromatic carbocycles. The molecule has 0 amide bonds. The van der Waals surface area contributed by atoms with Gasteiger partial charge in [-0.1, -0.05) is 26.2 Å². The summed E-state index contributed by atoms with van der Waals surface area (Å²) in [7, 11) is -2.95. The lowest BCUT2D eigenvalue weighted by molar-refractivity contribution is 0.348. The first kappa shape index (κ1) is 13.0. The number of sulfone groups is 1. The van der Waals surface area contributed by atoms with Crippen LogP contribution in [0.25, 0.3) is 0 Å². The van der Waals surface area contributed by atoms with Crippen LogP contribution in [0, 0.1) is 5.92 Å². The third-order valence-corrected chi connectivity index (χ3v) is 5.75. The molecule has 2 N–H and O–H groups in total. The van der Waals surface area contributed by atoms with Crippen molar-refractivity contribution in [3.63, 3.8) is 0 Å². The van der Waals surface area contributed by atoms with Crippen LogP contribution in [0.15, 0.2) is 0 Å². The number of hydrogen-bond acceptors (Lipinski definition) is 3. The topological polar surface area (TPSA) is 60.2 Å². The van der Waals surface area contributed by atoms with E-state index >= 15 is 0 Å². The van der Waals surface area contributed by atoms with Gasteiger partial charge in [0.05, 0.1) is 11.0 Å². The smallest absolute Gasteiger partial charge is 0.154 e. The van der Waals surface area contributed by atoms with Gasteiger partial charge in [-0.25, -0.2) is 8.42 Å². The maximum absolute atomic E-state index is 12.0. The van der Waals surface area contributed by atoms with E-state index < -0.39 is 9.84 Å². The van der Waals surface area contributed by atoms with E-state index in [1.807, 2.05) is 0 Å². The average molecular weight is 233 g/mol. The Bertz CT molecular complexity index is 285. The zero-order valence-corrected chi connectivity index (χ0v) is 10.6. The van der Waals surface area contributed by atoms with Crippen molar-refractivity contribution in [2.24, 2.45) is 11.7 Å². The molecule has 90 valence electrons. The Morgan fingerprint density at radius 2 is 2.07 bits per heavy atom. The van der Waals surface area contributed by atoms with E-state index in [4.69, 9.17) is 5.73 Å². The first-order chi connectivity index (χ1) is 6.95. The lowest BCUT2D eigenvalue weighted by Gasteiger charge is -2.28. The summed E-state index contributed by atoms with van der Waals surface area (Å²) in [6.07, 6.45) is 5.04. The lowest BCUT2D eigenvalue weighted by atomic mass is 9.87. The average Bonchev–Trinajstić information content (AvgIpc) is 2.16. The molecule has 1 aliphatic carbocycles. The first-order valence-corrected chi connectivity index (χ1v) is 7.64. The molecule has 0 radical (unpaired) electrons. The number of hydrogen-bond donors (Lipinski definition) is 1. The quantitative estimate of drug-likeness (QED) is 0.804.